The highest BCUT2D eigenvalue weighted by molar-refractivity contribution is 6.07. The van der Waals surface area contributed by atoms with Gasteiger partial charge in [0.1, 0.15) is 5.41 Å². The predicted octanol–water partition coefficient (Wildman–Crippen LogP) is 2.53. The van der Waals surface area contributed by atoms with Gasteiger partial charge >= 0.3 is 0 Å². The molecule has 0 radical (unpaired) electrons. The molecular weight excluding hydrogens is 314 g/mol. The van der Waals surface area contributed by atoms with Crippen LogP contribution in [-0.2, 0) is 22.7 Å². The molecule has 1 aliphatic rings. The zero-order valence-electron chi connectivity index (χ0n) is 14.4. The lowest BCUT2D eigenvalue weighted by Crippen LogP contribution is -2.44. The number of benzene rings is 1. The first kappa shape index (κ1) is 17.1. The van der Waals surface area contributed by atoms with Crippen LogP contribution in [0.2, 0.25) is 0 Å². The maximum Gasteiger partial charge on any atom is 0.238 e. The van der Waals surface area contributed by atoms with Crippen LogP contribution >= 0.6 is 0 Å². The molecule has 1 N–H and O–H groups in total. The lowest BCUT2D eigenvalue weighted by Gasteiger charge is -2.26. The summed E-state index contributed by atoms with van der Waals surface area (Å²) in [6, 6.07) is 13.6. The molecule has 3 rings (SSSR count). The van der Waals surface area contributed by atoms with Crippen LogP contribution in [0.15, 0.2) is 54.9 Å². The van der Waals surface area contributed by atoms with Gasteiger partial charge in [-0.05, 0) is 37.0 Å². The topological polar surface area (TPSA) is 62.3 Å². The average molecular weight is 337 g/mol. The summed E-state index contributed by atoms with van der Waals surface area (Å²) in [4.78, 5) is 31.4. The molecule has 1 heterocycles. The molecule has 0 spiro atoms. The number of hydrogen-bond acceptors (Lipinski definition) is 3. The maximum absolute atomic E-state index is 13.0. The smallest absolute Gasteiger partial charge is 0.238 e. The molecule has 1 aromatic carbocycles. The molecule has 1 saturated carbocycles. The fraction of sp³-hybridized carbons (Fsp3) is 0.350. The van der Waals surface area contributed by atoms with Gasteiger partial charge in [0, 0.05) is 32.0 Å². The SMILES string of the molecule is CCN(Cc1ccccc1)C(=O)C1(C(=O)NCc2cccnc2)CC1. The standard InChI is InChI=1S/C20H23N3O2/c1-2-23(15-16-7-4-3-5-8-16)19(25)20(10-11-20)18(24)22-14-17-9-6-12-21-13-17/h3-9,12-13H,2,10-11,14-15H2,1H3,(H,22,24). The van der Waals surface area contributed by atoms with Crippen LogP contribution in [0.3, 0.4) is 0 Å². The maximum atomic E-state index is 13.0. The van der Waals surface area contributed by atoms with Gasteiger partial charge in [-0.3, -0.25) is 14.6 Å². The fourth-order valence-electron chi connectivity index (χ4n) is 2.95. The van der Waals surface area contributed by atoms with E-state index in [9.17, 15) is 9.59 Å². The van der Waals surface area contributed by atoms with E-state index in [1.807, 2.05) is 49.4 Å². The van der Waals surface area contributed by atoms with E-state index in [0.717, 1.165) is 11.1 Å². The third-order valence-electron chi connectivity index (χ3n) is 4.66. The second-order valence-electron chi connectivity index (χ2n) is 6.43. The summed E-state index contributed by atoms with van der Waals surface area (Å²) >= 11 is 0. The number of carbonyl (C=O) groups excluding carboxylic acids is 2. The van der Waals surface area contributed by atoms with Gasteiger partial charge in [-0.25, -0.2) is 0 Å². The minimum Gasteiger partial charge on any atom is -0.351 e. The van der Waals surface area contributed by atoms with Crippen LogP contribution in [0, 0.1) is 5.41 Å². The molecule has 25 heavy (non-hydrogen) atoms. The molecule has 0 aliphatic heterocycles. The van der Waals surface area contributed by atoms with Gasteiger partial charge in [0.05, 0.1) is 0 Å². The Balaban J connectivity index is 1.64. The molecule has 0 bridgehead atoms. The van der Waals surface area contributed by atoms with Crippen molar-refractivity contribution in [2.75, 3.05) is 6.54 Å². The highest BCUT2D eigenvalue weighted by Crippen LogP contribution is 2.47. The van der Waals surface area contributed by atoms with Gasteiger partial charge in [0.2, 0.25) is 11.8 Å². The summed E-state index contributed by atoms with van der Waals surface area (Å²) in [6.07, 6.45) is 4.65. The van der Waals surface area contributed by atoms with Crippen LogP contribution in [0.1, 0.15) is 30.9 Å². The van der Waals surface area contributed by atoms with Crippen molar-refractivity contribution in [3.63, 3.8) is 0 Å². The third kappa shape index (κ3) is 3.87. The third-order valence-corrected chi connectivity index (χ3v) is 4.66. The van der Waals surface area contributed by atoms with Crippen molar-refractivity contribution in [2.24, 2.45) is 5.41 Å². The molecule has 1 aromatic heterocycles. The number of aromatic nitrogens is 1. The molecule has 5 nitrogen and oxygen atoms in total. The average Bonchev–Trinajstić information content (AvgIpc) is 3.47. The van der Waals surface area contributed by atoms with Crippen LogP contribution in [0.5, 0.6) is 0 Å². The largest absolute Gasteiger partial charge is 0.351 e. The molecule has 2 amide bonds. The zero-order valence-corrected chi connectivity index (χ0v) is 14.4. The molecule has 1 aliphatic carbocycles. The van der Waals surface area contributed by atoms with Gasteiger partial charge in [0.15, 0.2) is 0 Å². The highest BCUT2D eigenvalue weighted by atomic mass is 16.2. The van der Waals surface area contributed by atoms with E-state index in [4.69, 9.17) is 0 Å². The molecule has 0 unspecified atom stereocenters. The minimum absolute atomic E-state index is 0.0671. The van der Waals surface area contributed by atoms with Crippen molar-refractivity contribution < 1.29 is 9.59 Å². The van der Waals surface area contributed by atoms with E-state index in [0.29, 0.717) is 32.5 Å². The van der Waals surface area contributed by atoms with E-state index in [1.165, 1.54) is 0 Å². The van der Waals surface area contributed by atoms with Gasteiger partial charge in [-0.2, -0.15) is 0 Å². The number of nitrogens with zero attached hydrogens (tertiary/aromatic N) is 2. The lowest BCUT2D eigenvalue weighted by atomic mass is 10.0. The second-order valence-corrected chi connectivity index (χ2v) is 6.43. The summed E-state index contributed by atoms with van der Waals surface area (Å²) < 4.78 is 0. The number of hydrogen-bond donors (Lipinski definition) is 1. The van der Waals surface area contributed by atoms with Gasteiger partial charge in [-0.15, -0.1) is 0 Å². The summed E-state index contributed by atoms with van der Waals surface area (Å²) in [7, 11) is 0. The van der Waals surface area contributed by atoms with Crippen molar-refractivity contribution in [3.05, 3.63) is 66.0 Å². The van der Waals surface area contributed by atoms with Gasteiger partial charge < -0.3 is 10.2 Å². The van der Waals surface area contributed by atoms with Crippen molar-refractivity contribution in [2.45, 2.75) is 32.9 Å². The van der Waals surface area contributed by atoms with Gasteiger partial charge in [-0.1, -0.05) is 36.4 Å². The Morgan fingerprint density at radius 2 is 1.84 bits per heavy atom. The molecule has 0 saturated heterocycles. The Hall–Kier alpha value is -2.69. The van der Waals surface area contributed by atoms with E-state index in [-0.39, 0.29) is 11.8 Å². The van der Waals surface area contributed by atoms with Crippen LogP contribution in [0.25, 0.3) is 0 Å². The number of pyridine rings is 1. The Morgan fingerprint density at radius 3 is 2.44 bits per heavy atom. The second kappa shape index (κ2) is 7.47. The van der Waals surface area contributed by atoms with Crippen molar-refractivity contribution in [1.82, 2.24) is 15.2 Å². The summed E-state index contributed by atoms with van der Waals surface area (Å²) in [5.74, 6) is -0.240. The van der Waals surface area contributed by atoms with Crippen LogP contribution < -0.4 is 5.32 Å². The first-order valence-electron chi connectivity index (χ1n) is 8.66. The normalized spacial score (nSPS) is 14.6. The van der Waals surface area contributed by atoms with Crippen LogP contribution in [-0.4, -0.2) is 28.2 Å². The summed E-state index contributed by atoms with van der Waals surface area (Å²) in [6.45, 7) is 3.47. The van der Waals surface area contributed by atoms with E-state index < -0.39 is 5.41 Å². The van der Waals surface area contributed by atoms with E-state index in [2.05, 4.69) is 10.3 Å². The quantitative estimate of drug-likeness (QED) is 0.790. The fourth-order valence-corrected chi connectivity index (χ4v) is 2.95. The minimum atomic E-state index is -0.882. The van der Waals surface area contributed by atoms with Gasteiger partial charge in [0.25, 0.3) is 0 Å². The molecule has 5 heteroatoms. The summed E-state index contributed by atoms with van der Waals surface area (Å²) in [5, 5.41) is 2.90. The highest BCUT2D eigenvalue weighted by Gasteiger charge is 2.57. The molecule has 1 fully saturated rings. The summed E-state index contributed by atoms with van der Waals surface area (Å²) in [5.41, 5.74) is 1.12. The first-order chi connectivity index (χ1) is 12.2. The van der Waals surface area contributed by atoms with E-state index >= 15 is 0 Å². The Morgan fingerprint density at radius 1 is 1.12 bits per heavy atom. The monoisotopic (exact) mass is 337 g/mol. The Bertz CT molecular complexity index is 727. The zero-order chi connectivity index (χ0) is 17.7. The Labute approximate surface area is 148 Å². The number of rotatable bonds is 7. The molecule has 0 atom stereocenters. The van der Waals surface area contributed by atoms with E-state index in [1.54, 1.807) is 17.3 Å². The molecule has 130 valence electrons. The van der Waals surface area contributed by atoms with Crippen molar-refractivity contribution in [3.8, 4) is 0 Å². The van der Waals surface area contributed by atoms with Crippen LogP contribution in [0.4, 0.5) is 0 Å². The number of nitrogens with one attached hydrogen (secondary N) is 1. The molecular formula is C20H23N3O2. The first-order valence-corrected chi connectivity index (χ1v) is 8.66. The lowest BCUT2D eigenvalue weighted by molar-refractivity contribution is -0.144. The predicted molar refractivity (Wildman–Crippen MR) is 95.3 cm³/mol. The van der Waals surface area contributed by atoms with Crippen molar-refractivity contribution in [1.29, 1.82) is 0 Å². The molecule has 2 aromatic rings. The number of amides is 2. The number of carbonyl (C=O) groups is 2. The Kier molecular flexibility index (Phi) is 5.12. The van der Waals surface area contributed by atoms with Crippen molar-refractivity contribution >= 4 is 11.8 Å².